The van der Waals surface area contributed by atoms with Gasteiger partial charge in [-0.05, 0) is 25.7 Å². The number of ketones is 1. The van der Waals surface area contributed by atoms with Crippen LogP contribution in [0.3, 0.4) is 0 Å². The molecule has 1 aromatic rings. The molecule has 2 fully saturated rings. The minimum atomic E-state index is 0.0351. The molecular formula is C16H20O2. The standard InChI is InChI=1S/C16H20O2/c17-15(13-6-2-1-3-7-13)14-8-11-18-16(12-14)9-4-5-10-16/h1-3,6-7,14H,4-5,8-12H2. The van der Waals surface area contributed by atoms with Crippen molar-refractivity contribution in [3.05, 3.63) is 35.9 Å². The summed E-state index contributed by atoms with van der Waals surface area (Å²) in [4.78, 5) is 12.5. The first-order valence-electron chi connectivity index (χ1n) is 7.02. The lowest BCUT2D eigenvalue weighted by Gasteiger charge is -2.37. The average Bonchev–Trinajstić information content (AvgIpc) is 2.87. The summed E-state index contributed by atoms with van der Waals surface area (Å²) < 4.78 is 5.99. The van der Waals surface area contributed by atoms with Crippen LogP contribution in [0.5, 0.6) is 0 Å². The molecule has 1 heterocycles. The number of carbonyl (C=O) groups is 1. The molecule has 1 spiro atoms. The second-order valence-corrected chi connectivity index (χ2v) is 5.66. The molecule has 1 saturated heterocycles. The van der Waals surface area contributed by atoms with Gasteiger partial charge in [0, 0.05) is 18.1 Å². The molecule has 2 nitrogen and oxygen atoms in total. The van der Waals surface area contributed by atoms with Crippen LogP contribution in [0.1, 0.15) is 48.9 Å². The third-order valence-corrected chi connectivity index (χ3v) is 4.44. The van der Waals surface area contributed by atoms with E-state index in [4.69, 9.17) is 4.74 Å². The van der Waals surface area contributed by atoms with E-state index in [-0.39, 0.29) is 11.5 Å². The number of rotatable bonds is 2. The van der Waals surface area contributed by atoms with Crippen molar-refractivity contribution in [1.29, 1.82) is 0 Å². The van der Waals surface area contributed by atoms with E-state index >= 15 is 0 Å². The minimum absolute atomic E-state index is 0.0351. The van der Waals surface area contributed by atoms with Gasteiger partial charge in [-0.1, -0.05) is 43.2 Å². The maximum Gasteiger partial charge on any atom is 0.166 e. The molecule has 3 rings (SSSR count). The highest BCUT2D eigenvalue weighted by Gasteiger charge is 2.41. The summed E-state index contributed by atoms with van der Waals surface area (Å²) in [5, 5.41) is 0. The number of hydrogen-bond acceptors (Lipinski definition) is 2. The van der Waals surface area contributed by atoms with Crippen LogP contribution in [0.4, 0.5) is 0 Å². The smallest absolute Gasteiger partial charge is 0.166 e. The number of carbonyl (C=O) groups excluding carboxylic acids is 1. The molecule has 2 heteroatoms. The second-order valence-electron chi connectivity index (χ2n) is 5.66. The van der Waals surface area contributed by atoms with E-state index in [1.165, 1.54) is 12.8 Å². The molecule has 1 saturated carbocycles. The Balaban J connectivity index is 1.74. The summed E-state index contributed by atoms with van der Waals surface area (Å²) in [6.45, 7) is 0.753. The topological polar surface area (TPSA) is 26.3 Å². The molecule has 1 aromatic carbocycles. The van der Waals surface area contributed by atoms with Gasteiger partial charge in [-0.3, -0.25) is 4.79 Å². The Morgan fingerprint density at radius 3 is 2.61 bits per heavy atom. The molecule has 0 amide bonds. The van der Waals surface area contributed by atoms with Gasteiger partial charge in [0.15, 0.2) is 5.78 Å². The summed E-state index contributed by atoms with van der Waals surface area (Å²) >= 11 is 0. The number of hydrogen-bond donors (Lipinski definition) is 0. The molecule has 18 heavy (non-hydrogen) atoms. The fourth-order valence-electron chi connectivity index (χ4n) is 3.46. The molecule has 96 valence electrons. The Morgan fingerprint density at radius 1 is 1.17 bits per heavy atom. The molecule has 1 unspecified atom stereocenters. The van der Waals surface area contributed by atoms with Crippen LogP contribution in [-0.2, 0) is 4.74 Å². The summed E-state index contributed by atoms with van der Waals surface area (Å²) in [6, 6.07) is 9.70. The summed E-state index contributed by atoms with van der Waals surface area (Å²) in [5.74, 6) is 0.476. The summed E-state index contributed by atoms with van der Waals surface area (Å²) in [7, 11) is 0. The van der Waals surface area contributed by atoms with Gasteiger partial charge in [0.05, 0.1) is 5.60 Å². The number of ether oxygens (including phenoxy) is 1. The first kappa shape index (κ1) is 11.9. The van der Waals surface area contributed by atoms with E-state index in [9.17, 15) is 4.79 Å². The van der Waals surface area contributed by atoms with Crippen LogP contribution in [0.25, 0.3) is 0 Å². The number of benzene rings is 1. The van der Waals surface area contributed by atoms with E-state index in [0.29, 0.717) is 5.78 Å². The third-order valence-electron chi connectivity index (χ3n) is 4.44. The maximum absolute atomic E-state index is 12.5. The third kappa shape index (κ3) is 2.22. The predicted octanol–water partition coefficient (Wildman–Crippen LogP) is 3.61. The average molecular weight is 244 g/mol. The molecule has 0 bridgehead atoms. The van der Waals surface area contributed by atoms with Crippen molar-refractivity contribution in [1.82, 2.24) is 0 Å². The van der Waals surface area contributed by atoms with Crippen molar-refractivity contribution in [3.63, 3.8) is 0 Å². The molecular weight excluding hydrogens is 224 g/mol. The van der Waals surface area contributed by atoms with Crippen molar-refractivity contribution >= 4 is 5.78 Å². The van der Waals surface area contributed by atoms with Crippen LogP contribution in [0, 0.1) is 5.92 Å². The zero-order valence-electron chi connectivity index (χ0n) is 10.7. The molecule has 2 aliphatic rings. The quantitative estimate of drug-likeness (QED) is 0.743. The maximum atomic E-state index is 12.5. The second kappa shape index (κ2) is 4.85. The summed E-state index contributed by atoms with van der Waals surface area (Å²) in [6.07, 6.45) is 6.62. The SMILES string of the molecule is O=C(c1ccccc1)C1CCOC2(CCCC2)C1. The van der Waals surface area contributed by atoms with E-state index < -0.39 is 0 Å². The Bertz CT molecular complexity index is 418. The molecule has 1 atom stereocenters. The zero-order chi connectivity index (χ0) is 12.4. The van der Waals surface area contributed by atoms with Crippen LogP contribution >= 0.6 is 0 Å². The molecule has 0 radical (unpaired) electrons. The lowest BCUT2D eigenvalue weighted by Crippen LogP contribution is -2.39. The molecule has 1 aliphatic heterocycles. The fourth-order valence-corrected chi connectivity index (χ4v) is 3.46. The van der Waals surface area contributed by atoms with E-state index in [2.05, 4.69) is 0 Å². The van der Waals surface area contributed by atoms with Crippen molar-refractivity contribution in [2.45, 2.75) is 44.1 Å². The molecule has 1 aliphatic carbocycles. The zero-order valence-corrected chi connectivity index (χ0v) is 10.7. The van der Waals surface area contributed by atoms with Gasteiger partial charge >= 0.3 is 0 Å². The largest absolute Gasteiger partial charge is 0.375 e. The monoisotopic (exact) mass is 244 g/mol. The van der Waals surface area contributed by atoms with Crippen LogP contribution < -0.4 is 0 Å². The summed E-state index contributed by atoms with van der Waals surface area (Å²) in [5.41, 5.74) is 0.894. The minimum Gasteiger partial charge on any atom is -0.375 e. The Morgan fingerprint density at radius 2 is 1.89 bits per heavy atom. The van der Waals surface area contributed by atoms with Crippen molar-refractivity contribution in [3.8, 4) is 0 Å². The Hall–Kier alpha value is -1.15. The van der Waals surface area contributed by atoms with Gasteiger partial charge in [0.1, 0.15) is 0 Å². The van der Waals surface area contributed by atoms with Gasteiger partial charge < -0.3 is 4.74 Å². The lowest BCUT2D eigenvalue weighted by molar-refractivity contribution is -0.0866. The lowest BCUT2D eigenvalue weighted by atomic mass is 9.81. The first-order valence-corrected chi connectivity index (χ1v) is 7.02. The fraction of sp³-hybridized carbons (Fsp3) is 0.562. The number of Topliss-reactive ketones (excluding diaryl/α,β-unsaturated/α-hetero) is 1. The van der Waals surface area contributed by atoms with E-state index in [1.54, 1.807) is 0 Å². The van der Waals surface area contributed by atoms with Gasteiger partial charge in [-0.25, -0.2) is 0 Å². The van der Waals surface area contributed by atoms with E-state index in [0.717, 1.165) is 37.9 Å². The van der Waals surface area contributed by atoms with Crippen LogP contribution in [0.2, 0.25) is 0 Å². The first-order chi connectivity index (χ1) is 8.79. The van der Waals surface area contributed by atoms with Crippen LogP contribution in [0.15, 0.2) is 30.3 Å². The predicted molar refractivity (Wildman–Crippen MR) is 70.6 cm³/mol. The van der Waals surface area contributed by atoms with Gasteiger partial charge in [0.2, 0.25) is 0 Å². The highest BCUT2D eigenvalue weighted by atomic mass is 16.5. The van der Waals surface area contributed by atoms with Gasteiger partial charge in [-0.15, -0.1) is 0 Å². The Kier molecular flexibility index (Phi) is 3.21. The van der Waals surface area contributed by atoms with Crippen molar-refractivity contribution < 1.29 is 9.53 Å². The highest BCUT2D eigenvalue weighted by Crippen LogP contribution is 2.42. The highest BCUT2D eigenvalue weighted by molar-refractivity contribution is 5.97. The van der Waals surface area contributed by atoms with Gasteiger partial charge in [0.25, 0.3) is 0 Å². The normalized spacial score (nSPS) is 26.3. The molecule has 0 aromatic heterocycles. The van der Waals surface area contributed by atoms with Crippen molar-refractivity contribution in [2.24, 2.45) is 5.92 Å². The van der Waals surface area contributed by atoms with E-state index in [1.807, 2.05) is 30.3 Å². The van der Waals surface area contributed by atoms with Crippen LogP contribution in [-0.4, -0.2) is 18.0 Å². The van der Waals surface area contributed by atoms with Crippen molar-refractivity contribution in [2.75, 3.05) is 6.61 Å². The molecule has 0 N–H and O–H groups in total. The van der Waals surface area contributed by atoms with Gasteiger partial charge in [-0.2, -0.15) is 0 Å². The Labute approximate surface area is 108 Å².